The summed E-state index contributed by atoms with van der Waals surface area (Å²) in [4.78, 5) is 14.1. The summed E-state index contributed by atoms with van der Waals surface area (Å²) < 4.78 is 37.8. The zero-order valence-electron chi connectivity index (χ0n) is 21.1. The van der Waals surface area contributed by atoms with Crippen molar-refractivity contribution in [2.45, 2.75) is 19.3 Å². The van der Waals surface area contributed by atoms with Crippen LogP contribution in [0.2, 0.25) is 0 Å². The van der Waals surface area contributed by atoms with Crippen molar-refractivity contribution in [3.63, 3.8) is 0 Å². The zero-order chi connectivity index (χ0) is 25.8. The highest BCUT2D eigenvalue weighted by atomic mass is 19.1. The minimum absolute atomic E-state index is 0.0554. The quantitative estimate of drug-likeness (QED) is 0.384. The van der Waals surface area contributed by atoms with E-state index in [4.69, 9.17) is 15.5 Å². The van der Waals surface area contributed by atoms with E-state index in [2.05, 4.69) is 14.8 Å². The minimum atomic E-state index is -0.537. The summed E-state index contributed by atoms with van der Waals surface area (Å²) in [6.07, 6.45) is 5.18. The van der Waals surface area contributed by atoms with Gasteiger partial charge in [-0.15, -0.1) is 0 Å². The molecule has 5 heterocycles. The van der Waals surface area contributed by atoms with Crippen molar-refractivity contribution in [3.05, 3.63) is 60.3 Å². The average molecular weight is 517 g/mol. The van der Waals surface area contributed by atoms with Crippen LogP contribution < -0.4 is 15.5 Å². The van der Waals surface area contributed by atoms with Crippen LogP contribution in [0.25, 0.3) is 28.2 Å². The predicted octanol–water partition coefficient (Wildman–Crippen LogP) is 5.02. The molecule has 7 rings (SSSR count). The highest BCUT2D eigenvalue weighted by Gasteiger charge is 2.37. The Bertz CT molecular complexity index is 1500. The SMILES string of the molecule is Nc1ccc(-c2nc3c(N4CCCCC4)ccnc3n2-c2ccc(N3CC4COCC4C3)cc2F)cc1F. The van der Waals surface area contributed by atoms with Crippen LogP contribution in [0.5, 0.6) is 0 Å². The first kappa shape index (κ1) is 23.4. The topological polar surface area (TPSA) is 72.4 Å². The van der Waals surface area contributed by atoms with E-state index in [1.807, 2.05) is 12.1 Å². The van der Waals surface area contributed by atoms with Gasteiger partial charge in [-0.05, 0) is 61.7 Å². The van der Waals surface area contributed by atoms with E-state index in [1.165, 1.54) is 18.6 Å². The number of nitrogens with zero attached hydrogens (tertiary/aromatic N) is 5. The fourth-order valence-corrected chi connectivity index (χ4v) is 6.21. The van der Waals surface area contributed by atoms with Gasteiger partial charge in [0.2, 0.25) is 0 Å². The summed E-state index contributed by atoms with van der Waals surface area (Å²) in [6, 6.07) is 11.9. The fourth-order valence-electron chi connectivity index (χ4n) is 6.21. The third kappa shape index (κ3) is 3.88. The number of imidazole rings is 1. The summed E-state index contributed by atoms with van der Waals surface area (Å²) in [6.45, 7) is 5.15. The molecule has 4 aromatic rings. The second-order valence-corrected chi connectivity index (χ2v) is 10.7. The van der Waals surface area contributed by atoms with Crippen LogP contribution in [0.3, 0.4) is 0 Å². The van der Waals surface area contributed by atoms with Crippen LogP contribution in [-0.4, -0.2) is 53.9 Å². The molecular formula is C29H30F2N6O. The Balaban J connectivity index is 1.36. The third-order valence-corrected chi connectivity index (χ3v) is 8.26. The summed E-state index contributed by atoms with van der Waals surface area (Å²) in [5.41, 5.74) is 9.69. The number of nitrogen functional groups attached to an aromatic ring is 1. The predicted molar refractivity (Wildman–Crippen MR) is 145 cm³/mol. The number of hydrogen-bond acceptors (Lipinski definition) is 6. The lowest BCUT2D eigenvalue weighted by Crippen LogP contribution is -2.29. The number of piperidine rings is 1. The van der Waals surface area contributed by atoms with Crippen LogP contribution in [0.4, 0.5) is 25.8 Å². The number of rotatable bonds is 4. The van der Waals surface area contributed by atoms with Gasteiger partial charge in [0, 0.05) is 55.5 Å². The van der Waals surface area contributed by atoms with E-state index < -0.39 is 5.82 Å². The molecule has 2 unspecified atom stereocenters. The molecule has 3 aliphatic heterocycles. The second kappa shape index (κ2) is 9.23. The molecule has 3 saturated heterocycles. The molecule has 9 heteroatoms. The number of anilines is 3. The number of benzene rings is 2. The molecule has 38 heavy (non-hydrogen) atoms. The number of aromatic nitrogens is 3. The Kier molecular flexibility index (Phi) is 5.69. The van der Waals surface area contributed by atoms with Crippen molar-refractivity contribution in [2.24, 2.45) is 11.8 Å². The number of halogens is 2. The number of ether oxygens (including phenoxy) is 1. The van der Waals surface area contributed by atoms with Gasteiger partial charge in [-0.1, -0.05) is 0 Å². The molecule has 2 aromatic heterocycles. The molecule has 0 saturated carbocycles. The van der Waals surface area contributed by atoms with Crippen molar-refractivity contribution in [1.29, 1.82) is 0 Å². The maximum atomic E-state index is 15.9. The Morgan fingerprint density at radius 3 is 2.37 bits per heavy atom. The molecule has 3 fully saturated rings. The summed E-state index contributed by atoms with van der Waals surface area (Å²) in [7, 11) is 0. The van der Waals surface area contributed by atoms with E-state index in [0.717, 1.165) is 63.6 Å². The number of pyridine rings is 1. The van der Waals surface area contributed by atoms with Gasteiger partial charge in [0.25, 0.3) is 0 Å². The van der Waals surface area contributed by atoms with E-state index in [9.17, 15) is 4.39 Å². The van der Waals surface area contributed by atoms with Gasteiger partial charge in [0.1, 0.15) is 23.0 Å². The maximum absolute atomic E-state index is 15.9. The molecule has 196 valence electrons. The molecule has 0 aliphatic carbocycles. The molecular weight excluding hydrogens is 486 g/mol. The van der Waals surface area contributed by atoms with Crippen LogP contribution in [0.1, 0.15) is 19.3 Å². The Morgan fingerprint density at radius 1 is 0.842 bits per heavy atom. The molecule has 0 radical (unpaired) electrons. The van der Waals surface area contributed by atoms with E-state index >= 15 is 4.39 Å². The average Bonchev–Trinajstić information content (AvgIpc) is 3.64. The van der Waals surface area contributed by atoms with Gasteiger partial charge in [-0.25, -0.2) is 18.7 Å². The van der Waals surface area contributed by atoms with Crippen molar-refractivity contribution in [3.8, 4) is 17.1 Å². The maximum Gasteiger partial charge on any atom is 0.167 e. The highest BCUT2D eigenvalue weighted by Crippen LogP contribution is 2.37. The van der Waals surface area contributed by atoms with E-state index in [0.29, 0.717) is 40.1 Å². The lowest BCUT2D eigenvalue weighted by Gasteiger charge is -2.28. The number of fused-ring (bicyclic) bond motifs is 2. The van der Waals surface area contributed by atoms with Crippen LogP contribution in [-0.2, 0) is 4.74 Å². The van der Waals surface area contributed by atoms with Gasteiger partial charge in [0.15, 0.2) is 5.65 Å². The van der Waals surface area contributed by atoms with E-state index in [1.54, 1.807) is 29.0 Å². The van der Waals surface area contributed by atoms with Crippen LogP contribution in [0, 0.1) is 23.5 Å². The Morgan fingerprint density at radius 2 is 1.63 bits per heavy atom. The van der Waals surface area contributed by atoms with Crippen molar-refractivity contribution in [2.75, 3.05) is 54.9 Å². The second-order valence-electron chi connectivity index (χ2n) is 10.7. The van der Waals surface area contributed by atoms with Gasteiger partial charge < -0.3 is 20.3 Å². The normalized spacial score (nSPS) is 21.4. The summed E-state index contributed by atoms with van der Waals surface area (Å²) in [5, 5.41) is 0. The molecule has 0 spiro atoms. The van der Waals surface area contributed by atoms with Gasteiger partial charge >= 0.3 is 0 Å². The van der Waals surface area contributed by atoms with Crippen molar-refractivity contribution in [1.82, 2.24) is 14.5 Å². The van der Waals surface area contributed by atoms with Crippen LogP contribution >= 0.6 is 0 Å². The molecule has 2 atom stereocenters. The minimum Gasteiger partial charge on any atom is -0.396 e. The smallest absolute Gasteiger partial charge is 0.167 e. The first-order chi connectivity index (χ1) is 18.6. The first-order valence-corrected chi connectivity index (χ1v) is 13.4. The van der Waals surface area contributed by atoms with Crippen molar-refractivity contribution < 1.29 is 13.5 Å². The van der Waals surface area contributed by atoms with Crippen molar-refractivity contribution >= 4 is 28.2 Å². The Labute approximate surface area is 219 Å². The standard InChI is InChI=1S/C29H30F2N6O/c30-22-12-18(4-6-24(22)32)28-34-27-26(35-10-2-1-3-11-35)8-9-33-29(27)37(28)25-7-5-21(13-23(25)31)36-14-19-16-38-17-20(19)15-36/h4-9,12-13,19-20H,1-3,10-11,14-17,32H2. The summed E-state index contributed by atoms with van der Waals surface area (Å²) >= 11 is 0. The molecule has 2 N–H and O–H groups in total. The molecule has 2 aromatic carbocycles. The number of nitrogens with two attached hydrogens (primary N) is 1. The van der Waals surface area contributed by atoms with Gasteiger partial charge in [0.05, 0.1) is 30.3 Å². The molecule has 0 bridgehead atoms. The zero-order valence-corrected chi connectivity index (χ0v) is 21.1. The first-order valence-electron chi connectivity index (χ1n) is 13.4. The van der Waals surface area contributed by atoms with E-state index in [-0.39, 0.29) is 11.5 Å². The van der Waals surface area contributed by atoms with Gasteiger partial charge in [-0.3, -0.25) is 4.57 Å². The Hall–Kier alpha value is -3.72. The highest BCUT2D eigenvalue weighted by molar-refractivity contribution is 5.90. The molecule has 3 aliphatic rings. The fraction of sp³-hybridized carbons (Fsp3) is 0.379. The lowest BCUT2D eigenvalue weighted by molar-refractivity contribution is 0.177. The summed E-state index contributed by atoms with van der Waals surface area (Å²) in [5.74, 6) is 0.511. The van der Waals surface area contributed by atoms with Gasteiger partial charge in [-0.2, -0.15) is 0 Å². The lowest BCUT2D eigenvalue weighted by atomic mass is 10.0. The molecule has 0 amide bonds. The largest absolute Gasteiger partial charge is 0.396 e. The number of hydrogen-bond donors (Lipinski definition) is 1. The monoisotopic (exact) mass is 516 g/mol. The van der Waals surface area contributed by atoms with Crippen LogP contribution in [0.15, 0.2) is 48.7 Å². The third-order valence-electron chi connectivity index (χ3n) is 8.26. The molecule has 7 nitrogen and oxygen atoms in total.